The third-order valence-electron chi connectivity index (χ3n) is 4.00. The van der Waals surface area contributed by atoms with Gasteiger partial charge >= 0.3 is 0 Å². The van der Waals surface area contributed by atoms with E-state index in [1.807, 2.05) is 37.3 Å². The maximum Gasteiger partial charge on any atom is 0.277 e. The molecule has 124 valence electrons. The van der Waals surface area contributed by atoms with Crippen LogP contribution < -0.4 is 10.2 Å². The highest BCUT2D eigenvalue weighted by molar-refractivity contribution is 9.10. The first-order valence-corrected chi connectivity index (χ1v) is 8.75. The van der Waals surface area contributed by atoms with Crippen molar-refractivity contribution in [1.82, 2.24) is 5.43 Å². The number of hydrogen-bond donors (Lipinski definition) is 1. The number of hydrazone groups is 1. The predicted octanol–water partition coefficient (Wildman–Crippen LogP) is 3.99. The summed E-state index contributed by atoms with van der Waals surface area (Å²) in [6, 6.07) is 13.9. The number of ether oxygens (including phenoxy) is 1. The summed E-state index contributed by atoms with van der Waals surface area (Å²) in [6.45, 7) is 1.89. The molecule has 0 radical (unpaired) electrons. The minimum absolute atomic E-state index is 0.0547. The van der Waals surface area contributed by atoms with Gasteiger partial charge in [0.1, 0.15) is 5.75 Å². The van der Waals surface area contributed by atoms with E-state index in [4.69, 9.17) is 4.74 Å². The zero-order valence-corrected chi connectivity index (χ0v) is 15.1. The third-order valence-corrected chi connectivity index (χ3v) is 4.49. The fraction of sp³-hybridized carbons (Fsp3) is 0.263. The highest BCUT2D eigenvalue weighted by atomic mass is 79.9. The van der Waals surface area contributed by atoms with E-state index in [0.717, 1.165) is 40.6 Å². The SMILES string of the molecule is Cc1cc(Br)ccc1OCC(=O)N/N=C1\CCCc2ccccc21. The van der Waals surface area contributed by atoms with Crippen LogP contribution in [0, 0.1) is 6.92 Å². The van der Waals surface area contributed by atoms with Gasteiger partial charge in [0, 0.05) is 10.0 Å². The molecule has 3 rings (SSSR count). The minimum atomic E-state index is -0.257. The molecule has 0 saturated carbocycles. The number of hydrogen-bond acceptors (Lipinski definition) is 3. The van der Waals surface area contributed by atoms with E-state index in [2.05, 4.69) is 38.6 Å². The monoisotopic (exact) mass is 386 g/mol. The van der Waals surface area contributed by atoms with Gasteiger partial charge in [-0.3, -0.25) is 4.79 Å². The van der Waals surface area contributed by atoms with Crippen molar-refractivity contribution in [2.45, 2.75) is 26.2 Å². The lowest BCUT2D eigenvalue weighted by Crippen LogP contribution is -2.27. The highest BCUT2D eigenvalue weighted by Crippen LogP contribution is 2.22. The molecule has 1 N–H and O–H groups in total. The van der Waals surface area contributed by atoms with Crippen molar-refractivity contribution < 1.29 is 9.53 Å². The Bertz CT molecular complexity index is 787. The zero-order valence-electron chi connectivity index (χ0n) is 13.5. The first-order valence-electron chi connectivity index (χ1n) is 7.96. The molecule has 0 fully saturated rings. The number of nitrogens with one attached hydrogen (secondary N) is 1. The first-order chi connectivity index (χ1) is 11.6. The number of amides is 1. The minimum Gasteiger partial charge on any atom is -0.483 e. The van der Waals surface area contributed by atoms with E-state index in [1.165, 1.54) is 5.56 Å². The summed E-state index contributed by atoms with van der Waals surface area (Å²) < 4.78 is 6.55. The summed E-state index contributed by atoms with van der Waals surface area (Å²) in [5.74, 6) is 0.442. The Kier molecular flexibility index (Phi) is 5.30. The van der Waals surface area contributed by atoms with Crippen molar-refractivity contribution >= 4 is 27.5 Å². The van der Waals surface area contributed by atoms with E-state index in [1.54, 1.807) is 0 Å². The van der Waals surface area contributed by atoms with Crippen LogP contribution in [-0.4, -0.2) is 18.2 Å². The Morgan fingerprint density at radius 2 is 2.08 bits per heavy atom. The maximum atomic E-state index is 12.0. The third kappa shape index (κ3) is 4.03. The van der Waals surface area contributed by atoms with Crippen LogP contribution >= 0.6 is 15.9 Å². The number of nitrogens with zero attached hydrogens (tertiary/aromatic N) is 1. The Labute approximate surface area is 150 Å². The molecule has 5 heteroatoms. The van der Waals surface area contributed by atoms with Crippen LogP contribution in [0.2, 0.25) is 0 Å². The summed E-state index contributed by atoms with van der Waals surface area (Å²) in [6.07, 6.45) is 3.00. The summed E-state index contributed by atoms with van der Waals surface area (Å²) in [5, 5.41) is 4.30. The molecule has 0 saturated heterocycles. The van der Waals surface area contributed by atoms with E-state index in [-0.39, 0.29) is 12.5 Å². The molecular formula is C19H19BrN2O2. The molecule has 0 bridgehead atoms. The van der Waals surface area contributed by atoms with Crippen molar-refractivity contribution in [3.05, 3.63) is 63.6 Å². The number of aryl methyl sites for hydroxylation is 2. The van der Waals surface area contributed by atoms with Crippen molar-refractivity contribution in [2.75, 3.05) is 6.61 Å². The Morgan fingerprint density at radius 1 is 1.25 bits per heavy atom. The van der Waals surface area contributed by atoms with Gasteiger partial charge in [0.05, 0.1) is 5.71 Å². The van der Waals surface area contributed by atoms with Crippen LogP contribution in [0.4, 0.5) is 0 Å². The van der Waals surface area contributed by atoms with Gasteiger partial charge in [-0.2, -0.15) is 5.10 Å². The molecule has 0 aliphatic heterocycles. The quantitative estimate of drug-likeness (QED) is 0.807. The molecule has 0 spiro atoms. The fourth-order valence-electron chi connectivity index (χ4n) is 2.80. The van der Waals surface area contributed by atoms with Gasteiger partial charge in [-0.05, 0) is 55.5 Å². The normalized spacial score (nSPS) is 15.0. The van der Waals surface area contributed by atoms with Gasteiger partial charge in [0.2, 0.25) is 0 Å². The summed E-state index contributed by atoms with van der Waals surface area (Å²) in [5.41, 5.74) is 6.94. The summed E-state index contributed by atoms with van der Waals surface area (Å²) >= 11 is 3.41. The Morgan fingerprint density at radius 3 is 2.92 bits per heavy atom. The van der Waals surface area contributed by atoms with Gasteiger partial charge in [-0.1, -0.05) is 40.2 Å². The molecule has 1 aliphatic rings. The predicted molar refractivity (Wildman–Crippen MR) is 98.4 cm³/mol. The molecule has 0 aromatic heterocycles. The number of carbonyl (C=O) groups excluding carboxylic acids is 1. The Balaban J connectivity index is 1.60. The van der Waals surface area contributed by atoms with Crippen LogP contribution in [0.1, 0.15) is 29.5 Å². The molecule has 1 amide bonds. The standard InChI is InChI=1S/C19H19BrN2O2/c1-13-11-15(20)9-10-18(13)24-12-19(23)22-21-17-8-4-6-14-5-2-3-7-16(14)17/h2-3,5,7,9-11H,4,6,8,12H2,1H3,(H,22,23)/b21-17+. The van der Waals surface area contributed by atoms with Crippen molar-refractivity contribution in [3.63, 3.8) is 0 Å². The topological polar surface area (TPSA) is 50.7 Å². The lowest BCUT2D eigenvalue weighted by atomic mass is 9.90. The molecular weight excluding hydrogens is 368 g/mol. The van der Waals surface area contributed by atoms with E-state index >= 15 is 0 Å². The van der Waals surface area contributed by atoms with Gasteiger partial charge < -0.3 is 4.74 Å². The average molecular weight is 387 g/mol. The van der Waals surface area contributed by atoms with Crippen molar-refractivity contribution in [3.8, 4) is 5.75 Å². The van der Waals surface area contributed by atoms with E-state index in [9.17, 15) is 4.79 Å². The van der Waals surface area contributed by atoms with E-state index in [0.29, 0.717) is 5.75 Å². The summed E-state index contributed by atoms with van der Waals surface area (Å²) in [4.78, 5) is 12.0. The van der Waals surface area contributed by atoms with E-state index < -0.39 is 0 Å². The second kappa shape index (κ2) is 7.62. The molecule has 0 unspecified atom stereocenters. The second-order valence-electron chi connectivity index (χ2n) is 5.80. The lowest BCUT2D eigenvalue weighted by Gasteiger charge is -2.17. The molecule has 1 aliphatic carbocycles. The molecule has 2 aromatic rings. The number of benzene rings is 2. The average Bonchev–Trinajstić information content (AvgIpc) is 2.59. The number of fused-ring (bicyclic) bond motifs is 1. The maximum absolute atomic E-state index is 12.0. The van der Waals surface area contributed by atoms with Crippen LogP contribution in [-0.2, 0) is 11.2 Å². The fourth-order valence-corrected chi connectivity index (χ4v) is 3.27. The number of rotatable bonds is 4. The Hall–Kier alpha value is -2.14. The highest BCUT2D eigenvalue weighted by Gasteiger charge is 2.15. The van der Waals surface area contributed by atoms with Crippen LogP contribution in [0.3, 0.4) is 0 Å². The summed E-state index contributed by atoms with van der Waals surface area (Å²) in [7, 11) is 0. The first kappa shape index (κ1) is 16.7. The number of carbonyl (C=O) groups is 1. The van der Waals surface area contributed by atoms with Crippen LogP contribution in [0.25, 0.3) is 0 Å². The van der Waals surface area contributed by atoms with Crippen molar-refractivity contribution in [1.29, 1.82) is 0 Å². The largest absolute Gasteiger partial charge is 0.483 e. The smallest absolute Gasteiger partial charge is 0.277 e. The van der Waals surface area contributed by atoms with Gasteiger partial charge in [0.25, 0.3) is 5.91 Å². The number of halogens is 1. The van der Waals surface area contributed by atoms with Crippen LogP contribution in [0.5, 0.6) is 5.75 Å². The van der Waals surface area contributed by atoms with Gasteiger partial charge in [-0.15, -0.1) is 0 Å². The van der Waals surface area contributed by atoms with Gasteiger partial charge in [-0.25, -0.2) is 5.43 Å². The molecule has 0 atom stereocenters. The molecule has 4 nitrogen and oxygen atoms in total. The second-order valence-corrected chi connectivity index (χ2v) is 6.72. The zero-order chi connectivity index (χ0) is 16.9. The molecule has 0 heterocycles. The molecule has 24 heavy (non-hydrogen) atoms. The van der Waals surface area contributed by atoms with Crippen molar-refractivity contribution in [2.24, 2.45) is 5.10 Å². The lowest BCUT2D eigenvalue weighted by molar-refractivity contribution is -0.123. The van der Waals surface area contributed by atoms with Crippen LogP contribution in [0.15, 0.2) is 52.0 Å². The molecule has 2 aromatic carbocycles. The van der Waals surface area contributed by atoms with Gasteiger partial charge in [0.15, 0.2) is 6.61 Å².